The van der Waals surface area contributed by atoms with Crippen LogP contribution in [-0.2, 0) is 15.8 Å². The molecule has 0 aromatic heterocycles. The van der Waals surface area contributed by atoms with E-state index in [0.29, 0.717) is 12.3 Å². The molecule has 3 nitrogen and oxygen atoms in total. The zero-order valence-corrected chi connectivity index (χ0v) is 15.9. The molecular formula is C20H29NO2S. The van der Waals surface area contributed by atoms with Crippen molar-refractivity contribution in [3.8, 4) is 0 Å². The van der Waals surface area contributed by atoms with Crippen LogP contribution in [0.2, 0.25) is 0 Å². The second kappa shape index (κ2) is 8.21. The topological polar surface area (TPSA) is 46.2 Å². The van der Waals surface area contributed by atoms with Crippen LogP contribution in [0, 0.1) is 11.8 Å². The van der Waals surface area contributed by atoms with E-state index in [4.69, 9.17) is 0 Å². The number of benzene rings is 1. The summed E-state index contributed by atoms with van der Waals surface area (Å²) in [6, 6.07) is 9.82. The number of hydrogen-bond acceptors (Lipinski definition) is 2. The van der Waals surface area contributed by atoms with Crippen LogP contribution in [0.1, 0.15) is 52.5 Å². The molecule has 1 aliphatic rings. The van der Waals surface area contributed by atoms with Crippen molar-refractivity contribution in [1.82, 2.24) is 4.72 Å². The number of nitrogens with one attached hydrogen (secondary N) is 1. The zero-order chi connectivity index (χ0) is 17.7. The standard InChI is InChI=1S/C20H29NO2S/c1-15-9-8-12-18(22)19(15)17(21-24(23)20(2,3)4)14-13-16-10-6-5-7-11-16/h5-7,10-11,13-15,17,19,21H,8-9,12H2,1-4H3/b14-13+/t15-,17+,19-,24+/m0/s1. The number of carbonyl (C=O) groups is 1. The van der Waals surface area contributed by atoms with Crippen molar-refractivity contribution >= 4 is 22.8 Å². The maximum atomic E-state index is 12.6. The fourth-order valence-electron chi connectivity index (χ4n) is 3.13. The SMILES string of the molecule is C[C@H]1CCCC(=O)[C@@H]1[C@@H](/C=C/c1ccccc1)N[S@](=O)C(C)(C)C. The third kappa shape index (κ3) is 5.12. The van der Waals surface area contributed by atoms with Gasteiger partial charge in [0.2, 0.25) is 0 Å². The summed E-state index contributed by atoms with van der Waals surface area (Å²) >= 11 is 0. The average Bonchev–Trinajstić information content (AvgIpc) is 2.52. The third-order valence-electron chi connectivity index (χ3n) is 4.55. The highest BCUT2D eigenvalue weighted by Gasteiger charge is 2.36. The van der Waals surface area contributed by atoms with Crippen LogP contribution in [0.25, 0.3) is 6.08 Å². The Balaban J connectivity index is 2.25. The maximum Gasteiger partial charge on any atom is 0.138 e. The van der Waals surface area contributed by atoms with Crippen LogP contribution in [-0.4, -0.2) is 20.8 Å². The largest absolute Gasteiger partial charge is 0.299 e. The van der Waals surface area contributed by atoms with Gasteiger partial charge in [0.15, 0.2) is 0 Å². The van der Waals surface area contributed by atoms with Gasteiger partial charge in [0.1, 0.15) is 5.78 Å². The van der Waals surface area contributed by atoms with Crippen LogP contribution < -0.4 is 4.72 Å². The molecule has 0 bridgehead atoms. The Bertz CT molecular complexity index is 604. The van der Waals surface area contributed by atoms with E-state index in [-0.39, 0.29) is 22.5 Å². The predicted octanol–water partition coefficient (Wildman–Crippen LogP) is 4.13. The monoisotopic (exact) mass is 347 g/mol. The summed E-state index contributed by atoms with van der Waals surface area (Å²) in [5.74, 6) is 0.487. The van der Waals surface area contributed by atoms with Gasteiger partial charge in [-0.3, -0.25) is 4.79 Å². The molecule has 0 aliphatic heterocycles. The second-order valence-corrected chi connectivity index (χ2v) is 9.65. The summed E-state index contributed by atoms with van der Waals surface area (Å²) in [4.78, 5) is 12.5. The van der Waals surface area contributed by atoms with E-state index in [0.717, 1.165) is 18.4 Å². The Morgan fingerprint density at radius 1 is 1.25 bits per heavy atom. The van der Waals surface area contributed by atoms with Crippen molar-refractivity contribution in [2.75, 3.05) is 0 Å². The van der Waals surface area contributed by atoms with E-state index >= 15 is 0 Å². The molecule has 1 N–H and O–H groups in total. The number of carbonyl (C=O) groups excluding carboxylic acids is 1. The molecule has 1 saturated carbocycles. The molecule has 4 atom stereocenters. The molecule has 2 rings (SSSR count). The van der Waals surface area contributed by atoms with Crippen LogP contribution in [0.4, 0.5) is 0 Å². The molecule has 0 amide bonds. The van der Waals surface area contributed by atoms with Gasteiger partial charge < -0.3 is 0 Å². The minimum atomic E-state index is -1.21. The van der Waals surface area contributed by atoms with Crippen molar-refractivity contribution in [2.24, 2.45) is 11.8 Å². The van der Waals surface area contributed by atoms with E-state index in [1.807, 2.05) is 63.3 Å². The summed E-state index contributed by atoms with van der Waals surface area (Å²) in [5.41, 5.74) is 1.08. The number of hydrogen-bond donors (Lipinski definition) is 1. The van der Waals surface area contributed by atoms with E-state index in [2.05, 4.69) is 11.6 Å². The molecule has 0 heterocycles. The lowest BCUT2D eigenvalue weighted by Gasteiger charge is -2.34. The second-order valence-electron chi connectivity index (χ2n) is 7.66. The summed E-state index contributed by atoms with van der Waals surface area (Å²) in [6.45, 7) is 7.97. The first kappa shape index (κ1) is 19.1. The average molecular weight is 348 g/mol. The van der Waals surface area contributed by atoms with Crippen molar-refractivity contribution in [3.05, 3.63) is 42.0 Å². The van der Waals surface area contributed by atoms with Crippen LogP contribution in [0.5, 0.6) is 0 Å². The Morgan fingerprint density at radius 3 is 2.50 bits per heavy atom. The molecule has 1 aliphatic carbocycles. The Labute approximate surface area is 148 Å². The highest BCUT2D eigenvalue weighted by molar-refractivity contribution is 7.84. The highest BCUT2D eigenvalue weighted by Crippen LogP contribution is 2.31. The normalized spacial score (nSPS) is 24.9. The summed E-state index contributed by atoms with van der Waals surface area (Å²) in [7, 11) is -1.21. The molecule has 0 radical (unpaired) electrons. The minimum Gasteiger partial charge on any atom is -0.299 e. The number of ketones is 1. The fourth-order valence-corrected chi connectivity index (χ4v) is 3.95. The summed E-state index contributed by atoms with van der Waals surface area (Å²) in [6.07, 6.45) is 6.69. The van der Waals surface area contributed by atoms with Gasteiger partial charge >= 0.3 is 0 Å². The van der Waals surface area contributed by atoms with Gasteiger partial charge in [-0.1, -0.05) is 49.4 Å². The Morgan fingerprint density at radius 2 is 1.92 bits per heavy atom. The predicted molar refractivity (Wildman–Crippen MR) is 102 cm³/mol. The van der Waals surface area contributed by atoms with Crippen molar-refractivity contribution in [1.29, 1.82) is 0 Å². The molecule has 1 fully saturated rings. The zero-order valence-electron chi connectivity index (χ0n) is 15.1. The highest BCUT2D eigenvalue weighted by atomic mass is 32.2. The van der Waals surface area contributed by atoms with Crippen LogP contribution in [0.15, 0.2) is 36.4 Å². The van der Waals surface area contributed by atoms with Gasteiger partial charge in [0.25, 0.3) is 0 Å². The van der Waals surface area contributed by atoms with Crippen molar-refractivity contribution in [3.63, 3.8) is 0 Å². The van der Waals surface area contributed by atoms with E-state index in [1.165, 1.54) is 0 Å². The molecule has 0 unspecified atom stereocenters. The van der Waals surface area contributed by atoms with Gasteiger partial charge in [0, 0.05) is 18.4 Å². The molecule has 0 spiro atoms. The van der Waals surface area contributed by atoms with E-state index < -0.39 is 11.0 Å². The molecule has 24 heavy (non-hydrogen) atoms. The van der Waals surface area contributed by atoms with Gasteiger partial charge in [-0.25, -0.2) is 8.93 Å². The Kier molecular flexibility index (Phi) is 6.53. The van der Waals surface area contributed by atoms with Gasteiger partial charge in [-0.2, -0.15) is 0 Å². The van der Waals surface area contributed by atoms with E-state index in [9.17, 15) is 9.00 Å². The molecule has 1 aromatic rings. The molecule has 132 valence electrons. The first-order valence-corrected chi connectivity index (χ1v) is 9.88. The lowest BCUT2D eigenvalue weighted by atomic mass is 9.75. The number of Topliss-reactive ketones (excluding diaryl/α,β-unsaturated/α-hetero) is 1. The maximum absolute atomic E-state index is 12.6. The molecule has 1 aromatic carbocycles. The van der Waals surface area contributed by atoms with Crippen LogP contribution >= 0.6 is 0 Å². The van der Waals surface area contributed by atoms with Crippen molar-refractivity contribution < 1.29 is 9.00 Å². The van der Waals surface area contributed by atoms with Gasteiger partial charge in [-0.05, 0) is 45.1 Å². The van der Waals surface area contributed by atoms with E-state index in [1.54, 1.807) is 0 Å². The molecule has 4 heteroatoms. The van der Waals surface area contributed by atoms with Crippen LogP contribution in [0.3, 0.4) is 0 Å². The van der Waals surface area contributed by atoms with Gasteiger partial charge in [0.05, 0.1) is 15.7 Å². The quantitative estimate of drug-likeness (QED) is 0.870. The number of rotatable bonds is 5. The first-order valence-electron chi connectivity index (χ1n) is 8.73. The van der Waals surface area contributed by atoms with Gasteiger partial charge in [-0.15, -0.1) is 0 Å². The lowest BCUT2D eigenvalue weighted by Crippen LogP contribution is -2.47. The molecule has 0 saturated heterocycles. The third-order valence-corrected chi connectivity index (χ3v) is 6.15. The fraction of sp³-hybridized carbons (Fsp3) is 0.550. The minimum absolute atomic E-state index is 0.106. The first-order chi connectivity index (χ1) is 11.3. The smallest absolute Gasteiger partial charge is 0.138 e. The van der Waals surface area contributed by atoms with Crippen molar-refractivity contribution in [2.45, 2.75) is 57.7 Å². The Hall–Kier alpha value is -1.26. The molecular weight excluding hydrogens is 318 g/mol. The summed E-state index contributed by atoms with van der Waals surface area (Å²) in [5, 5.41) is 0. The lowest BCUT2D eigenvalue weighted by molar-refractivity contribution is -0.126. The summed E-state index contributed by atoms with van der Waals surface area (Å²) < 4.78 is 15.5.